The van der Waals surface area contributed by atoms with Crippen molar-refractivity contribution in [3.05, 3.63) is 97.2 Å². The van der Waals surface area contributed by atoms with Crippen LogP contribution in [0.5, 0.6) is 0 Å². The Kier molecular flexibility index (Phi) is 47.0. The zero-order chi connectivity index (χ0) is 45.1. The van der Waals surface area contributed by atoms with Gasteiger partial charge in [0.2, 0.25) is 0 Å². The van der Waals surface area contributed by atoms with Gasteiger partial charge in [-0.15, -0.1) is 0 Å². The average Bonchev–Trinajstić information content (AvgIpc) is 3.27. The second kappa shape index (κ2) is 50.0. The first-order valence-electron chi connectivity index (χ1n) is 25.2. The molecular formula is C56H92O6. The zero-order valence-electron chi connectivity index (χ0n) is 40.1. The summed E-state index contributed by atoms with van der Waals surface area (Å²) < 4.78 is 16.7. The van der Waals surface area contributed by atoms with Crippen molar-refractivity contribution in [3.63, 3.8) is 0 Å². The number of esters is 3. The number of allylic oxidation sites excluding steroid dienone is 16. The minimum Gasteiger partial charge on any atom is -0.462 e. The molecule has 0 rings (SSSR count). The maximum Gasteiger partial charge on any atom is 0.306 e. The van der Waals surface area contributed by atoms with E-state index in [0.29, 0.717) is 19.3 Å². The van der Waals surface area contributed by atoms with E-state index in [1.807, 2.05) is 0 Å². The monoisotopic (exact) mass is 861 g/mol. The summed E-state index contributed by atoms with van der Waals surface area (Å²) in [6.07, 6.45) is 65.3. The Morgan fingerprint density at radius 2 is 0.597 bits per heavy atom. The first-order valence-corrected chi connectivity index (χ1v) is 25.2. The van der Waals surface area contributed by atoms with Crippen LogP contribution in [-0.4, -0.2) is 37.2 Å². The van der Waals surface area contributed by atoms with Crippen LogP contribution in [0, 0.1) is 0 Å². The maximum atomic E-state index is 12.8. The lowest BCUT2D eigenvalue weighted by Crippen LogP contribution is -2.30. The number of ether oxygens (including phenoxy) is 3. The standard InChI is InChI=1S/C56H92O6/c1-4-7-10-13-16-19-22-25-27-28-30-31-34-37-40-43-46-49-55(58)61-52-53(51-60-54(57)48-45-42-39-36-33-24-21-18-15-12-9-6-3)62-56(59)50-47-44-41-38-35-32-29-26-23-20-17-14-11-8-5-2/h16-21,25-27,29-31,35,37-38,40,53H,4-15,22-24,28,32-34,36,39,41-52H2,1-3H3/b19-16-,20-17-,21-18-,27-25-,29-26-,31-30-,38-35-,40-37-/t53-/m1/s1. The summed E-state index contributed by atoms with van der Waals surface area (Å²) in [5.41, 5.74) is 0. The van der Waals surface area contributed by atoms with Gasteiger partial charge in [0.15, 0.2) is 6.10 Å². The highest BCUT2D eigenvalue weighted by molar-refractivity contribution is 5.71. The van der Waals surface area contributed by atoms with Gasteiger partial charge in [-0.25, -0.2) is 0 Å². The van der Waals surface area contributed by atoms with E-state index in [4.69, 9.17) is 14.2 Å². The predicted octanol–water partition coefficient (Wildman–Crippen LogP) is 16.6. The summed E-state index contributed by atoms with van der Waals surface area (Å²) in [4.78, 5) is 37.9. The molecule has 6 nitrogen and oxygen atoms in total. The number of carbonyl (C=O) groups excluding carboxylic acids is 3. The van der Waals surface area contributed by atoms with Crippen molar-refractivity contribution < 1.29 is 28.6 Å². The van der Waals surface area contributed by atoms with Crippen molar-refractivity contribution in [1.82, 2.24) is 0 Å². The molecule has 0 spiro atoms. The molecule has 0 aliphatic carbocycles. The first kappa shape index (κ1) is 58.3. The molecule has 6 heteroatoms. The van der Waals surface area contributed by atoms with Gasteiger partial charge in [-0.2, -0.15) is 0 Å². The summed E-state index contributed by atoms with van der Waals surface area (Å²) in [6.45, 7) is 6.45. The van der Waals surface area contributed by atoms with Crippen LogP contribution in [0.15, 0.2) is 97.2 Å². The molecule has 0 saturated carbocycles. The van der Waals surface area contributed by atoms with Gasteiger partial charge >= 0.3 is 17.9 Å². The Labute approximate surface area is 381 Å². The van der Waals surface area contributed by atoms with Gasteiger partial charge in [-0.3, -0.25) is 14.4 Å². The van der Waals surface area contributed by atoms with E-state index in [1.54, 1.807) is 0 Å². The highest BCUT2D eigenvalue weighted by Crippen LogP contribution is 2.11. The van der Waals surface area contributed by atoms with Gasteiger partial charge < -0.3 is 14.2 Å². The van der Waals surface area contributed by atoms with Crippen molar-refractivity contribution >= 4 is 17.9 Å². The molecular weight excluding hydrogens is 769 g/mol. The van der Waals surface area contributed by atoms with Crippen LogP contribution in [0.3, 0.4) is 0 Å². The molecule has 0 radical (unpaired) electrons. The fourth-order valence-electron chi connectivity index (χ4n) is 6.43. The summed E-state index contributed by atoms with van der Waals surface area (Å²) in [5.74, 6) is -1.03. The molecule has 0 aromatic rings. The van der Waals surface area contributed by atoms with Crippen LogP contribution >= 0.6 is 0 Å². The van der Waals surface area contributed by atoms with E-state index in [1.165, 1.54) is 83.5 Å². The molecule has 0 aliphatic heterocycles. The molecule has 0 aromatic carbocycles. The Hall–Kier alpha value is -3.67. The van der Waals surface area contributed by atoms with Crippen molar-refractivity contribution in [3.8, 4) is 0 Å². The minimum absolute atomic E-state index is 0.116. The van der Waals surface area contributed by atoms with E-state index in [9.17, 15) is 14.4 Å². The van der Waals surface area contributed by atoms with Crippen molar-refractivity contribution in [2.75, 3.05) is 13.2 Å². The van der Waals surface area contributed by atoms with Gasteiger partial charge in [0.05, 0.1) is 0 Å². The molecule has 0 unspecified atom stereocenters. The van der Waals surface area contributed by atoms with Crippen molar-refractivity contribution in [2.24, 2.45) is 0 Å². The van der Waals surface area contributed by atoms with E-state index in [-0.39, 0.29) is 44.0 Å². The molecule has 352 valence electrons. The molecule has 62 heavy (non-hydrogen) atoms. The third-order valence-electron chi connectivity index (χ3n) is 10.3. The molecule has 0 N–H and O–H groups in total. The van der Waals surface area contributed by atoms with Crippen LogP contribution in [0.2, 0.25) is 0 Å². The number of hydrogen-bond donors (Lipinski definition) is 0. The number of rotatable bonds is 44. The molecule has 0 aliphatic rings. The smallest absolute Gasteiger partial charge is 0.306 e. The first-order chi connectivity index (χ1) is 30.5. The molecule has 0 heterocycles. The molecule has 0 aromatic heterocycles. The molecule has 0 amide bonds. The average molecular weight is 861 g/mol. The van der Waals surface area contributed by atoms with Crippen LogP contribution in [0.1, 0.15) is 220 Å². The van der Waals surface area contributed by atoms with E-state index >= 15 is 0 Å². The third kappa shape index (κ3) is 47.4. The quantitative estimate of drug-likeness (QED) is 0.0263. The second-order valence-corrected chi connectivity index (χ2v) is 16.4. The molecule has 0 fully saturated rings. The zero-order valence-corrected chi connectivity index (χ0v) is 40.1. The number of unbranched alkanes of at least 4 members (excludes halogenated alkanes) is 17. The van der Waals surface area contributed by atoms with Crippen LogP contribution in [0.25, 0.3) is 0 Å². The number of carbonyl (C=O) groups is 3. The van der Waals surface area contributed by atoms with Crippen LogP contribution in [0.4, 0.5) is 0 Å². The van der Waals surface area contributed by atoms with Gasteiger partial charge in [-0.1, -0.05) is 176 Å². The maximum absolute atomic E-state index is 12.8. The van der Waals surface area contributed by atoms with Crippen LogP contribution < -0.4 is 0 Å². The minimum atomic E-state index is -0.822. The number of hydrogen-bond acceptors (Lipinski definition) is 6. The lowest BCUT2D eigenvalue weighted by molar-refractivity contribution is -0.167. The molecule has 0 bridgehead atoms. The summed E-state index contributed by atoms with van der Waals surface area (Å²) >= 11 is 0. The fourth-order valence-corrected chi connectivity index (χ4v) is 6.43. The molecule has 1 atom stereocenters. The Morgan fingerprint density at radius 3 is 1.02 bits per heavy atom. The Bertz CT molecular complexity index is 1260. The van der Waals surface area contributed by atoms with E-state index < -0.39 is 6.10 Å². The Morgan fingerprint density at radius 1 is 0.323 bits per heavy atom. The normalized spacial score (nSPS) is 12.9. The van der Waals surface area contributed by atoms with Crippen LogP contribution in [-0.2, 0) is 28.6 Å². The van der Waals surface area contributed by atoms with E-state index in [0.717, 1.165) is 83.5 Å². The van der Waals surface area contributed by atoms with Gasteiger partial charge in [0.25, 0.3) is 0 Å². The SMILES string of the molecule is CCCCC/C=C\C/C=C\C/C=C\C/C=C\CCCC(=O)OC[C@@H](COC(=O)CCCCCCC/C=C\CCCCC)OC(=O)CCCC/C=C\C/C=C\C/C=C\CCCCC. The topological polar surface area (TPSA) is 78.9 Å². The summed E-state index contributed by atoms with van der Waals surface area (Å²) in [5, 5.41) is 0. The largest absolute Gasteiger partial charge is 0.462 e. The third-order valence-corrected chi connectivity index (χ3v) is 10.3. The second-order valence-electron chi connectivity index (χ2n) is 16.4. The van der Waals surface area contributed by atoms with Crippen molar-refractivity contribution in [2.45, 2.75) is 226 Å². The lowest BCUT2D eigenvalue weighted by atomic mass is 10.1. The van der Waals surface area contributed by atoms with Gasteiger partial charge in [-0.05, 0) is 122 Å². The highest BCUT2D eigenvalue weighted by atomic mass is 16.6. The Balaban J connectivity index is 4.56. The van der Waals surface area contributed by atoms with Gasteiger partial charge in [0, 0.05) is 19.3 Å². The summed E-state index contributed by atoms with van der Waals surface area (Å²) in [7, 11) is 0. The fraction of sp³-hybridized carbons (Fsp3) is 0.661. The van der Waals surface area contributed by atoms with Crippen molar-refractivity contribution in [1.29, 1.82) is 0 Å². The van der Waals surface area contributed by atoms with E-state index in [2.05, 4.69) is 118 Å². The summed E-state index contributed by atoms with van der Waals surface area (Å²) in [6, 6.07) is 0. The predicted molar refractivity (Wildman–Crippen MR) is 265 cm³/mol. The van der Waals surface area contributed by atoms with Gasteiger partial charge in [0.1, 0.15) is 13.2 Å². The highest BCUT2D eigenvalue weighted by Gasteiger charge is 2.19. The molecule has 0 saturated heterocycles. The lowest BCUT2D eigenvalue weighted by Gasteiger charge is -2.18.